The van der Waals surface area contributed by atoms with Crippen LogP contribution in [0.5, 0.6) is 0 Å². The number of rotatable bonds is 4. The number of hydrogen-bond acceptors (Lipinski definition) is 5. The maximum absolute atomic E-state index is 11.8. The standard InChI is InChI=1S/C12H21NO6/c1-11(2,3)19-10(17)13-12(4-5-18-7-12)6-8(14)9(15)16/h8,14H,4-7H2,1-3H3,(H,13,17)(H,15,16). The van der Waals surface area contributed by atoms with Crippen LogP contribution in [0.15, 0.2) is 0 Å². The molecule has 0 aromatic carbocycles. The molecule has 1 fully saturated rings. The average molecular weight is 275 g/mol. The van der Waals surface area contributed by atoms with Gasteiger partial charge in [0.25, 0.3) is 0 Å². The van der Waals surface area contributed by atoms with Gasteiger partial charge in [-0.15, -0.1) is 0 Å². The monoisotopic (exact) mass is 275 g/mol. The lowest BCUT2D eigenvalue weighted by molar-refractivity contribution is -0.148. The molecule has 7 heteroatoms. The van der Waals surface area contributed by atoms with Crippen molar-refractivity contribution in [1.82, 2.24) is 5.32 Å². The Morgan fingerprint density at radius 1 is 1.47 bits per heavy atom. The van der Waals surface area contributed by atoms with E-state index in [1.54, 1.807) is 20.8 Å². The maximum Gasteiger partial charge on any atom is 0.408 e. The van der Waals surface area contributed by atoms with Gasteiger partial charge in [0.15, 0.2) is 6.10 Å². The second kappa shape index (κ2) is 5.75. The highest BCUT2D eigenvalue weighted by molar-refractivity contribution is 5.73. The largest absolute Gasteiger partial charge is 0.479 e. The third-order valence-electron chi connectivity index (χ3n) is 2.74. The Balaban J connectivity index is 2.67. The third-order valence-corrected chi connectivity index (χ3v) is 2.74. The molecule has 1 aliphatic rings. The molecule has 19 heavy (non-hydrogen) atoms. The van der Waals surface area contributed by atoms with Crippen molar-refractivity contribution >= 4 is 12.1 Å². The Kier molecular flexibility index (Phi) is 4.75. The molecule has 1 rings (SSSR count). The molecule has 0 aromatic rings. The summed E-state index contributed by atoms with van der Waals surface area (Å²) >= 11 is 0. The second-order valence-electron chi connectivity index (χ2n) is 5.77. The molecule has 1 saturated heterocycles. The first-order valence-electron chi connectivity index (χ1n) is 6.13. The van der Waals surface area contributed by atoms with E-state index in [4.69, 9.17) is 14.6 Å². The van der Waals surface area contributed by atoms with Gasteiger partial charge in [0, 0.05) is 13.0 Å². The molecule has 1 heterocycles. The first-order chi connectivity index (χ1) is 8.64. The zero-order valence-electron chi connectivity index (χ0n) is 11.4. The van der Waals surface area contributed by atoms with Gasteiger partial charge in [-0.2, -0.15) is 0 Å². The number of aliphatic carboxylic acids is 1. The molecule has 110 valence electrons. The molecule has 0 spiro atoms. The summed E-state index contributed by atoms with van der Waals surface area (Å²) in [6, 6.07) is 0. The lowest BCUT2D eigenvalue weighted by Gasteiger charge is -2.31. The van der Waals surface area contributed by atoms with Gasteiger partial charge < -0.3 is 25.0 Å². The van der Waals surface area contributed by atoms with Gasteiger partial charge in [-0.25, -0.2) is 9.59 Å². The third kappa shape index (κ3) is 5.04. The molecule has 7 nitrogen and oxygen atoms in total. The number of amides is 1. The zero-order chi connectivity index (χ0) is 14.7. The van der Waals surface area contributed by atoms with Crippen molar-refractivity contribution in [2.45, 2.75) is 50.9 Å². The molecule has 2 atom stereocenters. The van der Waals surface area contributed by atoms with Crippen LogP contribution in [-0.2, 0) is 14.3 Å². The molecule has 0 aliphatic carbocycles. The molecule has 0 saturated carbocycles. The minimum absolute atomic E-state index is 0.110. The van der Waals surface area contributed by atoms with E-state index in [1.165, 1.54) is 0 Å². The van der Waals surface area contributed by atoms with Gasteiger partial charge in [-0.05, 0) is 27.2 Å². The minimum atomic E-state index is -1.54. The predicted molar refractivity (Wildman–Crippen MR) is 65.8 cm³/mol. The SMILES string of the molecule is CC(C)(C)OC(=O)NC1(CC(O)C(=O)O)CCOC1. The van der Waals surface area contributed by atoms with E-state index in [2.05, 4.69) is 5.32 Å². The van der Waals surface area contributed by atoms with Crippen LogP contribution in [0.2, 0.25) is 0 Å². The fourth-order valence-electron chi connectivity index (χ4n) is 1.90. The Morgan fingerprint density at radius 3 is 2.53 bits per heavy atom. The van der Waals surface area contributed by atoms with Gasteiger partial charge in [0.05, 0.1) is 12.1 Å². The van der Waals surface area contributed by atoms with Crippen LogP contribution in [0.1, 0.15) is 33.6 Å². The summed E-state index contributed by atoms with van der Waals surface area (Å²) in [6.07, 6.45) is -1.86. The van der Waals surface area contributed by atoms with Crippen molar-refractivity contribution < 1.29 is 29.3 Å². The number of carbonyl (C=O) groups is 2. The molecule has 1 aliphatic heterocycles. The summed E-state index contributed by atoms with van der Waals surface area (Å²) < 4.78 is 10.3. The molecule has 0 bridgehead atoms. The van der Waals surface area contributed by atoms with Crippen LogP contribution >= 0.6 is 0 Å². The number of aliphatic hydroxyl groups is 1. The summed E-state index contributed by atoms with van der Waals surface area (Å²) in [7, 11) is 0. The summed E-state index contributed by atoms with van der Waals surface area (Å²) in [6.45, 7) is 5.77. The number of carboxylic acid groups (broad SMARTS) is 1. The fourth-order valence-corrected chi connectivity index (χ4v) is 1.90. The number of alkyl carbamates (subject to hydrolysis) is 1. The van der Waals surface area contributed by atoms with E-state index < -0.39 is 29.3 Å². The van der Waals surface area contributed by atoms with Crippen LogP contribution < -0.4 is 5.32 Å². The van der Waals surface area contributed by atoms with Gasteiger partial charge in [0.2, 0.25) is 0 Å². The molecule has 0 aromatic heterocycles. The van der Waals surface area contributed by atoms with E-state index in [0.29, 0.717) is 13.0 Å². The lowest BCUT2D eigenvalue weighted by Crippen LogP contribution is -2.53. The van der Waals surface area contributed by atoms with Crippen molar-refractivity contribution in [1.29, 1.82) is 0 Å². The van der Waals surface area contributed by atoms with Gasteiger partial charge in [-0.3, -0.25) is 0 Å². The zero-order valence-corrected chi connectivity index (χ0v) is 11.4. The predicted octanol–water partition coefficient (Wildman–Crippen LogP) is 0.506. The van der Waals surface area contributed by atoms with Crippen LogP contribution in [0.3, 0.4) is 0 Å². The first kappa shape index (κ1) is 15.7. The summed E-state index contributed by atoms with van der Waals surface area (Å²) in [4.78, 5) is 22.5. The molecule has 1 amide bonds. The van der Waals surface area contributed by atoms with Crippen molar-refractivity contribution in [3.63, 3.8) is 0 Å². The number of ether oxygens (including phenoxy) is 2. The topological polar surface area (TPSA) is 105 Å². The number of nitrogens with one attached hydrogen (secondary N) is 1. The van der Waals surface area contributed by atoms with Crippen LogP contribution in [0, 0.1) is 0 Å². The molecule has 2 unspecified atom stereocenters. The Labute approximate surface area is 111 Å². The van der Waals surface area contributed by atoms with E-state index in [1.807, 2.05) is 0 Å². The fraction of sp³-hybridized carbons (Fsp3) is 0.833. The summed E-state index contributed by atoms with van der Waals surface area (Å²) in [5.41, 5.74) is -1.53. The second-order valence-corrected chi connectivity index (χ2v) is 5.77. The molecular formula is C12H21NO6. The van der Waals surface area contributed by atoms with Crippen LogP contribution in [0.4, 0.5) is 4.79 Å². The van der Waals surface area contributed by atoms with Crippen LogP contribution in [0.25, 0.3) is 0 Å². The average Bonchev–Trinajstić information content (AvgIpc) is 2.62. The van der Waals surface area contributed by atoms with Crippen molar-refractivity contribution in [2.24, 2.45) is 0 Å². The minimum Gasteiger partial charge on any atom is -0.479 e. The van der Waals surface area contributed by atoms with E-state index in [0.717, 1.165) is 0 Å². The van der Waals surface area contributed by atoms with Crippen LogP contribution in [-0.4, -0.2) is 52.7 Å². The number of hydrogen-bond donors (Lipinski definition) is 3. The Bertz CT molecular complexity index is 343. The number of aliphatic hydroxyl groups excluding tert-OH is 1. The smallest absolute Gasteiger partial charge is 0.408 e. The summed E-state index contributed by atoms with van der Waals surface area (Å²) in [5, 5.41) is 20.8. The van der Waals surface area contributed by atoms with Gasteiger partial charge >= 0.3 is 12.1 Å². The van der Waals surface area contributed by atoms with Crippen molar-refractivity contribution in [3.8, 4) is 0 Å². The summed E-state index contributed by atoms with van der Waals surface area (Å²) in [5.74, 6) is -1.32. The number of carboxylic acids is 1. The van der Waals surface area contributed by atoms with E-state index in [-0.39, 0.29) is 13.0 Å². The first-order valence-corrected chi connectivity index (χ1v) is 6.13. The Morgan fingerprint density at radius 2 is 2.11 bits per heavy atom. The highest BCUT2D eigenvalue weighted by Gasteiger charge is 2.40. The highest BCUT2D eigenvalue weighted by atomic mass is 16.6. The highest BCUT2D eigenvalue weighted by Crippen LogP contribution is 2.25. The lowest BCUT2D eigenvalue weighted by atomic mass is 9.91. The van der Waals surface area contributed by atoms with Gasteiger partial charge in [0.1, 0.15) is 5.60 Å². The normalized spacial score (nSPS) is 24.8. The molecular weight excluding hydrogens is 254 g/mol. The quantitative estimate of drug-likeness (QED) is 0.690. The maximum atomic E-state index is 11.8. The Hall–Kier alpha value is -1.34. The molecule has 0 radical (unpaired) electrons. The number of carbonyl (C=O) groups excluding carboxylic acids is 1. The van der Waals surface area contributed by atoms with Gasteiger partial charge in [-0.1, -0.05) is 0 Å². The van der Waals surface area contributed by atoms with E-state index in [9.17, 15) is 14.7 Å². The van der Waals surface area contributed by atoms with Crippen molar-refractivity contribution in [3.05, 3.63) is 0 Å². The molecule has 3 N–H and O–H groups in total. The van der Waals surface area contributed by atoms with Crippen molar-refractivity contribution in [2.75, 3.05) is 13.2 Å². The van der Waals surface area contributed by atoms with E-state index >= 15 is 0 Å².